The fourth-order valence-corrected chi connectivity index (χ4v) is 3.04. The van der Waals surface area contributed by atoms with Crippen LogP contribution < -0.4 is 5.73 Å². The van der Waals surface area contributed by atoms with E-state index in [1.165, 1.54) is 57.8 Å². The average Bonchev–Trinajstić information content (AvgIpc) is 2.56. The van der Waals surface area contributed by atoms with Gasteiger partial charge in [0.25, 0.3) is 0 Å². The largest absolute Gasteiger partial charge is 0.330 e. The van der Waals surface area contributed by atoms with Gasteiger partial charge in [0.15, 0.2) is 0 Å². The van der Waals surface area contributed by atoms with Crippen molar-refractivity contribution in [2.24, 2.45) is 17.1 Å². The molecule has 1 nitrogen and oxygen atoms in total. The molecule has 13 heavy (non-hydrogen) atoms. The van der Waals surface area contributed by atoms with Crippen LogP contribution in [0.15, 0.2) is 0 Å². The van der Waals surface area contributed by atoms with Gasteiger partial charge in [-0.1, -0.05) is 32.1 Å². The van der Waals surface area contributed by atoms with Gasteiger partial charge in [-0.2, -0.15) is 0 Å². The third-order valence-corrected chi connectivity index (χ3v) is 4.40. The summed E-state index contributed by atoms with van der Waals surface area (Å²) < 4.78 is 0. The fourth-order valence-electron chi connectivity index (χ4n) is 3.04. The highest BCUT2D eigenvalue weighted by Crippen LogP contribution is 2.45. The summed E-state index contributed by atoms with van der Waals surface area (Å²) in [6.45, 7) is 0.944. The molecular weight excluding hydrogens is 158 g/mol. The van der Waals surface area contributed by atoms with Crippen LogP contribution in [0.2, 0.25) is 0 Å². The highest BCUT2D eigenvalue weighted by atomic mass is 14.6. The number of rotatable bonds is 4. The number of nitrogens with two attached hydrogens (primary N) is 1. The third-order valence-electron chi connectivity index (χ3n) is 4.40. The van der Waals surface area contributed by atoms with E-state index in [0.29, 0.717) is 5.41 Å². The molecule has 2 aliphatic rings. The zero-order valence-corrected chi connectivity index (χ0v) is 8.73. The molecule has 2 fully saturated rings. The van der Waals surface area contributed by atoms with Crippen molar-refractivity contribution in [2.75, 3.05) is 6.54 Å². The van der Waals surface area contributed by atoms with Gasteiger partial charge in [-0.05, 0) is 43.6 Å². The van der Waals surface area contributed by atoms with Crippen LogP contribution in [0.3, 0.4) is 0 Å². The van der Waals surface area contributed by atoms with Gasteiger partial charge in [0, 0.05) is 0 Å². The van der Waals surface area contributed by atoms with E-state index >= 15 is 0 Å². The Hall–Kier alpha value is -0.0400. The summed E-state index contributed by atoms with van der Waals surface area (Å²) in [5.74, 6) is 1.06. The maximum Gasteiger partial charge on any atom is -0.00205 e. The predicted molar refractivity (Wildman–Crippen MR) is 56.5 cm³/mol. The van der Waals surface area contributed by atoms with Crippen molar-refractivity contribution in [3.8, 4) is 0 Å². The maximum atomic E-state index is 5.85. The Kier molecular flexibility index (Phi) is 2.92. The van der Waals surface area contributed by atoms with Gasteiger partial charge in [-0.15, -0.1) is 0 Å². The van der Waals surface area contributed by atoms with E-state index in [-0.39, 0.29) is 0 Å². The lowest BCUT2D eigenvalue weighted by molar-refractivity contribution is 0.119. The molecule has 2 rings (SSSR count). The van der Waals surface area contributed by atoms with E-state index in [0.717, 1.165) is 12.5 Å². The Morgan fingerprint density at radius 1 is 1.08 bits per heavy atom. The van der Waals surface area contributed by atoms with Crippen LogP contribution in [0.4, 0.5) is 0 Å². The van der Waals surface area contributed by atoms with E-state index in [1.54, 1.807) is 0 Å². The lowest BCUT2D eigenvalue weighted by atomic mass is 9.65. The zero-order valence-electron chi connectivity index (χ0n) is 8.73. The van der Waals surface area contributed by atoms with Crippen molar-refractivity contribution in [3.63, 3.8) is 0 Å². The summed E-state index contributed by atoms with van der Waals surface area (Å²) in [7, 11) is 0. The average molecular weight is 181 g/mol. The Morgan fingerprint density at radius 3 is 2.23 bits per heavy atom. The SMILES string of the molecule is NCC1(CCC2CCCC2)CCC1. The second kappa shape index (κ2) is 4.00. The van der Waals surface area contributed by atoms with E-state index in [9.17, 15) is 0 Å². The van der Waals surface area contributed by atoms with Crippen molar-refractivity contribution in [1.82, 2.24) is 0 Å². The van der Waals surface area contributed by atoms with Crippen LogP contribution >= 0.6 is 0 Å². The fraction of sp³-hybridized carbons (Fsp3) is 1.00. The van der Waals surface area contributed by atoms with E-state index in [4.69, 9.17) is 5.73 Å². The van der Waals surface area contributed by atoms with Crippen molar-refractivity contribution in [3.05, 3.63) is 0 Å². The Bertz CT molecular complexity index is 149. The number of hydrogen-bond acceptors (Lipinski definition) is 1. The molecule has 0 aromatic heterocycles. The molecule has 0 radical (unpaired) electrons. The lowest BCUT2D eigenvalue weighted by Gasteiger charge is -2.41. The highest BCUT2D eigenvalue weighted by Gasteiger charge is 2.35. The van der Waals surface area contributed by atoms with Crippen LogP contribution in [0.25, 0.3) is 0 Å². The molecule has 2 saturated carbocycles. The van der Waals surface area contributed by atoms with Crippen LogP contribution in [-0.2, 0) is 0 Å². The number of hydrogen-bond donors (Lipinski definition) is 1. The Morgan fingerprint density at radius 2 is 1.77 bits per heavy atom. The van der Waals surface area contributed by atoms with Crippen LogP contribution in [0.1, 0.15) is 57.8 Å². The minimum atomic E-state index is 0.600. The molecule has 2 N–H and O–H groups in total. The molecule has 0 saturated heterocycles. The first kappa shape index (κ1) is 9.51. The molecule has 0 aromatic rings. The standard InChI is InChI=1S/C12H23N/c13-10-12(7-3-8-12)9-6-11-4-1-2-5-11/h11H,1-10,13H2. The summed E-state index contributed by atoms with van der Waals surface area (Å²) in [6.07, 6.45) is 13.1. The van der Waals surface area contributed by atoms with Gasteiger partial charge in [-0.25, -0.2) is 0 Å². The highest BCUT2D eigenvalue weighted by molar-refractivity contribution is 4.89. The second-order valence-corrected chi connectivity index (χ2v) is 5.25. The van der Waals surface area contributed by atoms with E-state index in [2.05, 4.69) is 0 Å². The van der Waals surface area contributed by atoms with Crippen LogP contribution in [0, 0.1) is 11.3 Å². The Balaban J connectivity index is 1.71. The molecule has 0 heterocycles. The summed E-state index contributed by atoms with van der Waals surface area (Å²) in [5, 5.41) is 0. The zero-order chi connectivity index (χ0) is 9.15. The van der Waals surface area contributed by atoms with Gasteiger partial charge >= 0.3 is 0 Å². The monoisotopic (exact) mass is 181 g/mol. The molecule has 0 bridgehead atoms. The smallest absolute Gasteiger partial charge is 0.00205 e. The molecular formula is C12H23N. The quantitative estimate of drug-likeness (QED) is 0.708. The summed E-state index contributed by atoms with van der Waals surface area (Å²) in [4.78, 5) is 0. The minimum absolute atomic E-state index is 0.600. The van der Waals surface area contributed by atoms with Gasteiger partial charge in [0.2, 0.25) is 0 Å². The first-order valence-electron chi connectivity index (χ1n) is 6.05. The van der Waals surface area contributed by atoms with Gasteiger partial charge in [0.1, 0.15) is 0 Å². The molecule has 0 spiro atoms. The van der Waals surface area contributed by atoms with E-state index in [1.807, 2.05) is 0 Å². The molecule has 0 aromatic carbocycles. The van der Waals surface area contributed by atoms with E-state index < -0.39 is 0 Å². The topological polar surface area (TPSA) is 26.0 Å². The first-order valence-corrected chi connectivity index (χ1v) is 6.05. The molecule has 0 atom stereocenters. The molecule has 0 aliphatic heterocycles. The van der Waals surface area contributed by atoms with Crippen molar-refractivity contribution >= 4 is 0 Å². The van der Waals surface area contributed by atoms with Crippen molar-refractivity contribution in [1.29, 1.82) is 0 Å². The second-order valence-electron chi connectivity index (χ2n) is 5.25. The van der Waals surface area contributed by atoms with Crippen LogP contribution in [-0.4, -0.2) is 6.54 Å². The molecule has 0 unspecified atom stereocenters. The Labute approximate surface area is 82.1 Å². The summed E-state index contributed by atoms with van der Waals surface area (Å²) in [5.41, 5.74) is 6.45. The van der Waals surface area contributed by atoms with Gasteiger partial charge < -0.3 is 5.73 Å². The van der Waals surface area contributed by atoms with Gasteiger partial charge in [0.05, 0.1) is 0 Å². The summed E-state index contributed by atoms with van der Waals surface area (Å²) >= 11 is 0. The maximum absolute atomic E-state index is 5.85. The normalized spacial score (nSPS) is 27.5. The molecule has 76 valence electrons. The molecule has 1 heteroatoms. The summed E-state index contributed by atoms with van der Waals surface area (Å²) in [6, 6.07) is 0. The van der Waals surface area contributed by atoms with Crippen molar-refractivity contribution < 1.29 is 0 Å². The lowest BCUT2D eigenvalue weighted by Crippen LogP contribution is -2.37. The molecule has 2 aliphatic carbocycles. The predicted octanol–water partition coefficient (Wildman–Crippen LogP) is 3.09. The third kappa shape index (κ3) is 2.07. The van der Waals surface area contributed by atoms with Crippen LogP contribution in [0.5, 0.6) is 0 Å². The minimum Gasteiger partial charge on any atom is -0.330 e. The van der Waals surface area contributed by atoms with Crippen molar-refractivity contribution in [2.45, 2.75) is 57.8 Å². The molecule has 0 amide bonds. The first-order chi connectivity index (χ1) is 6.35. The van der Waals surface area contributed by atoms with Gasteiger partial charge in [-0.3, -0.25) is 0 Å².